The number of hydrogen-bond donors (Lipinski definition) is 3. The molecule has 3 nitrogen and oxygen atoms in total. The van der Waals surface area contributed by atoms with E-state index in [2.05, 4.69) is 11.9 Å². The first-order chi connectivity index (χ1) is 8.13. The molecule has 4 N–H and O–H groups in total. The SMILES string of the molecule is CCC(C)[C@@H](O)[C@@H](N)c1ccc2cc[nH]c2c1. The Balaban J connectivity index is 2.26. The van der Waals surface area contributed by atoms with Crippen LogP contribution in [0.15, 0.2) is 30.5 Å². The summed E-state index contributed by atoms with van der Waals surface area (Å²) < 4.78 is 0. The predicted molar refractivity (Wildman–Crippen MR) is 70.7 cm³/mol. The fraction of sp³-hybridized carbons (Fsp3) is 0.429. The Bertz CT molecular complexity index is 492. The van der Waals surface area contributed by atoms with Gasteiger partial charge >= 0.3 is 0 Å². The maximum atomic E-state index is 10.1. The topological polar surface area (TPSA) is 62.0 Å². The number of fused-ring (bicyclic) bond motifs is 1. The molecule has 0 aliphatic rings. The highest BCUT2D eigenvalue weighted by atomic mass is 16.3. The van der Waals surface area contributed by atoms with E-state index in [-0.39, 0.29) is 12.0 Å². The van der Waals surface area contributed by atoms with Crippen LogP contribution in [0, 0.1) is 5.92 Å². The van der Waals surface area contributed by atoms with E-state index < -0.39 is 6.10 Å². The minimum absolute atomic E-state index is 0.212. The van der Waals surface area contributed by atoms with Crippen LogP contribution < -0.4 is 5.73 Å². The van der Waals surface area contributed by atoms with E-state index in [0.717, 1.165) is 17.5 Å². The van der Waals surface area contributed by atoms with Crippen LogP contribution in [0.3, 0.4) is 0 Å². The molecule has 17 heavy (non-hydrogen) atoms. The van der Waals surface area contributed by atoms with Crippen LogP contribution in [0.25, 0.3) is 10.9 Å². The van der Waals surface area contributed by atoms with Crippen LogP contribution in [-0.2, 0) is 0 Å². The highest BCUT2D eigenvalue weighted by Crippen LogP contribution is 2.24. The average molecular weight is 232 g/mol. The highest BCUT2D eigenvalue weighted by molar-refractivity contribution is 5.79. The molecule has 0 bridgehead atoms. The summed E-state index contributed by atoms with van der Waals surface area (Å²) >= 11 is 0. The summed E-state index contributed by atoms with van der Waals surface area (Å²) in [6, 6.07) is 7.75. The Kier molecular flexibility index (Phi) is 3.50. The molecule has 0 spiro atoms. The zero-order valence-electron chi connectivity index (χ0n) is 10.4. The summed E-state index contributed by atoms with van der Waals surface area (Å²) in [5.74, 6) is 0.212. The quantitative estimate of drug-likeness (QED) is 0.758. The van der Waals surface area contributed by atoms with E-state index in [4.69, 9.17) is 5.73 Å². The summed E-state index contributed by atoms with van der Waals surface area (Å²) in [4.78, 5) is 3.16. The second kappa shape index (κ2) is 4.90. The molecular weight excluding hydrogens is 212 g/mol. The van der Waals surface area contributed by atoms with Crippen LogP contribution in [0.4, 0.5) is 0 Å². The predicted octanol–water partition coefficient (Wildman–Crippen LogP) is 2.57. The van der Waals surface area contributed by atoms with E-state index in [9.17, 15) is 5.11 Å². The first-order valence-corrected chi connectivity index (χ1v) is 6.14. The summed E-state index contributed by atoms with van der Waals surface area (Å²) in [6.45, 7) is 4.09. The van der Waals surface area contributed by atoms with Crippen LogP contribution in [-0.4, -0.2) is 16.2 Å². The molecule has 3 heteroatoms. The van der Waals surface area contributed by atoms with E-state index in [1.54, 1.807) is 0 Å². The molecule has 0 aliphatic heterocycles. The van der Waals surface area contributed by atoms with Gasteiger partial charge in [0.25, 0.3) is 0 Å². The van der Waals surface area contributed by atoms with Crippen LogP contribution in [0.5, 0.6) is 0 Å². The summed E-state index contributed by atoms with van der Waals surface area (Å²) in [6.07, 6.45) is 2.34. The first-order valence-electron chi connectivity index (χ1n) is 6.14. The van der Waals surface area contributed by atoms with Crippen molar-refractivity contribution in [3.8, 4) is 0 Å². The second-order valence-corrected chi connectivity index (χ2v) is 4.73. The van der Waals surface area contributed by atoms with Crippen molar-refractivity contribution in [1.29, 1.82) is 0 Å². The fourth-order valence-electron chi connectivity index (χ4n) is 2.07. The molecule has 0 fully saturated rings. The van der Waals surface area contributed by atoms with Gasteiger partial charge in [-0.05, 0) is 29.0 Å². The van der Waals surface area contributed by atoms with Crippen LogP contribution in [0.1, 0.15) is 31.9 Å². The van der Waals surface area contributed by atoms with Crippen molar-refractivity contribution in [2.24, 2.45) is 11.7 Å². The maximum Gasteiger partial charge on any atom is 0.0758 e. The Labute approximate surface area is 102 Å². The van der Waals surface area contributed by atoms with E-state index in [1.807, 2.05) is 37.4 Å². The van der Waals surface area contributed by atoms with Gasteiger partial charge in [0.1, 0.15) is 0 Å². The molecular formula is C14H20N2O. The normalized spacial score (nSPS) is 16.9. The van der Waals surface area contributed by atoms with Crippen molar-refractivity contribution in [3.05, 3.63) is 36.0 Å². The average Bonchev–Trinajstić information content (AvgIpc) is 2.83. The lowest BCUT2D eigenvalue weighted by molar-refractivity contribution is 0.0880. The number of aromatic nitrogens is 1. The highest BCUT2D eigenvalue weighted by Gasteiger charge is 2.21. The van der Waals surface area contributed by atoms with Crippen molar-refractivity contribution in [3.63, 3.8) is 0 Å². The molecule has 92 valence electrons. The molecule has 0 saturated heterocycles. The molecule has 2 aromatic rings. The first kappa shape index (κ1) is 12.1. The van der Waals surface area contributed by atoms with Crippen molar-refractivity contribution in [1.82, 2.24) is 4.98 Å². The molecule has 1 heterocycles. The van der Waals surface area contributed by atoms with Crippen molar-refractivity contribution >= 4 is 10.9 Å². The van der Waals surface area contributed by atoms with Gasteiger partial charge in [0, 0.05) is 11.7 Å². The molecule has 3 atom stereocenters. The number of rotatable bonds is 4. The summed E-state index contributed by atoms with van der Waals surface area (Å²) in [7, 11) is 0. The lowest BCUT2D eigenvalue weighted by atomic mass is 9.91. The zero-order chi connectivity index (χ0) is 12.4. The number of nitrogens with one attached hydrogen (secondary N) is 1. The van der Waals surface area contributed by atoms with Gasteiger partial charge in [-0.3, -0.25) is 0 Å². The van der Waals surface area contributed by atoms with Gasteiger partial charge in [0.2, 0.25) is 0 Å². The molecule has 0 radical (unpaired) electrons. The third-order valence-electron chi connectivity index (χ3n) is 3.56. The zero-order valence-corrected chi connectivity index (χ0v) is 10.4. The number of H-pyrrole nitrogens is 1. The van der Waals surface area contributed by atoms with Crippen LogP contribution in [0.2, 0.25) is 0 Å². The molecule has 1 aromatic heterocycles. The maximum absolute atomic E-state index is 10.1. The molecule has 2 rings (SSSR count). The number of nitrogens with two attached hydrogens (primary N) is 1. The monoisotopic (exact) mass is 232 g/mol. The van der Waals surface area contributed by atoms with Gasteiger partial charge in [-0.25, -0.2) is 0 Å². The lowest BCUT2D eigenvalue weighted by Crippen LogP contribution is -2.31. The minimum atomic E-state index is -0.493. The van der Waals surface area contributed by atoms with Crippen molar-refractivity contribution < 1.29 is 5.11 Å². The summed E-state index contributed by atoms with van der Waals surface area (Å²) in [5.41, 5.74) is 8.15. The van der Waals surface area contributed by atoms with Gasteiger partial charge in [-0.1, -0.05) is 32.4 Å². The van der Waals surface area contributed by atoms with Crippen LogP contribution >= 0.6 is 0 Å². The molecule has 0 amide bonds. The molecule has 0 saturated carbocycles. The Morgan fingerprint density at radius 3 is 2.82 bits per heavy atom. The van der Waals surface area contributed by atoms with E-state index in [0.29, 0.717) is 0 Å². The smallest absolute Gasteiger partial charge is 0.0758 e. The van der Waals surface area contributed by atoms with Gasteiger partial charge in [-0.2, -0.15) is 0 Å². The van der Waals surface area contributed by atoms with E-state index in [1.165, 1.54) is 5.39 Å². The van der Waals surface area contributed by atoms with E-state index >= 15 is 0 Å². The number of aliphatic hydroxyl groups is 1. The second-order valence-electron chi connectivity index (χ2n) is 4.73. The van der Waals surface area contributed by atoms with Crippen molar-refractivity contribution in [2.45, 2.75) is 32.4 Å². The van der Waals surface area contributed by atoms with Crippen molar-refractivity contribution in [2.75, 3.05) is 0 Å². The minimum Gasteiger partial charge on any atom is -0.391 e. The van der Waals surface area contributed by atoms with Gasteiger partial charge in [-0.15, -0.1) is 0 Å². The Hall–Kier alpha value is -1.32. The number of hydrogen-bond acceptors (Lipinski definition) is 2. The Morgan fingerprint density at radius 2 is 2.12 bits per heavy atom. The lowest BCUT2D eigenvalue weighted by Gasteiger charge is -2.24. The third-order valence-corrected chi connectivity index (χ3v) is 3.56. The molecule has 1 aromatic carbocycles. The number of aromatic amines is 1. The standard InChI is InChI=1S/C14H20N2O/c1-3-9(2)14(17)13(15)11-5-4-10-6-7-16-12(10)8-11/h4-9,13-14,16-17H,3,15H2,1-2H3/t9?,13-,14+/m0/s1. The van der Waals surface area contributed by atoms with Gasteiger partial charge < -0.3 is 15.8 Å². The third kappa shape index (κ3) is 2.35. The largest absolute Gasteiger partial charge is 0.391 e. The Morgan fingerprint density at radius 1 is 1.35 bits per heavy atom. The molecule has 1 unspecified atom stereocenters. The molecule has 0 aliphatic carbocycles. The summed E-state index contributed by atoms with van der Waals surface area (Å²) in [5, 5.41) is 11.3. The van der Waals surface area contributed by atoms with Gasteiger partial charge in [0.05, 0.1) is 12.1 Å². The fourth-order valence-corrected chi connectivity index (χ4v) is 2.07. The van der Waals surface area contributed by atoms with Gasteiger partial charge in [0.15, 0.2) is 0 Å². The number of benzene rings is 1. The number of aliphatic hydroxyl groups excluding tert-OH is 1.